The van der Waals surface area contributed by atoms with Crippen molar-refractivity contribution in [2.75, 3.05) is 6.54 Å². The molecule has 0 spiro atoms. The molecule has 21 heavy (non-hydrogen) atoms. The van der Waals surface area contributed by atoms with E-state index in [0.29, 0.717) is 16.5 Å². The normalized spacial score (nSPS) is 16.5. The van der Waals surface area contributed by atoms with E-state index in [9.17, 15) is 8.42 Å². The van der Waals surface area contributed by atoms with Crippen LogP contribution in [0.15, 0.2) is 17.0 Å². The van der Waals surface area contributed by atoms with Crippen LogP contribution in [-0.4, -0.2) is 21.0 Å². The van der Waals surface area contributed by atoms with Gasteiger partial charge in [0.05, 0.1) is 4.90 Å². The molecule has 1 fully saturated rings. The summed E-state index contributed by atoms with van der Waals surface area (Å²) in [5.74, 6) is 0. The monoisotopic (exact) mass is 330 g/mol. The van der Waals surface area contributed by atoms with E-state index in [1.54, 1.807) is 6.07 Å². The van der Waals surface area contributed by atoms with Crippen LogP contribution in [0.4, 0.5) is 0 Å². The third-order valence-corrected chi connectivity index (χ3v) is 5.83. The van der Waals surface area contributed by atoms with Crippen molar-refractivity contribution in [1.82, 2.24) is 10.0 Å². The van der Waals surface area contributed by atoms with Gasteiger partial charge in [-0.15, -0.1) is 0 Å². The molecule has 2 N–H and O–H groups in total. The zero-order valence-electron chi connectivity index (χ0n) is 12.6. The third kappa shape index (κ3) is 4.19. The Kier molecular flexibility index (Phi) is 5.66. The lowest BCUT2D eigenvalue weighted by atomic mass is 10.1. The van der Waals surface area contributed by atoms with Crippen LogP contribution in [0.3, 0.4) is 0 Å². The Labute approximate surface area is 132 Å². The summed E-state index contributed by atoms with van der Waals surface area (Å²) in [4.78, 5) is 0.301. The van der Waals surface area contributed by atoms with Crippen LogP contribution in [-0.2, 0) is 16.6 Å². The molecule has 1 aromatic rings. The maximum absolute atomic E-state index is 12.6. The van der Waals surface area contributed by atoms with Gasteiger partial charge < -0.3 is 5.32 Å². The van der Waals surface area contributed by atoms with Crippen LogP contribution in [0, 0.1) is 6.92 Å². The Bertz CT molecular complexity index is 596. The van der Waals surface area contributed by atoms with Crippen molar-refractivity contribution < 1.29 is 8.42 Å². The average Bonchev–Trinajstić information content (AvgIpc) is 2.91. The predicted octanol–water partition coefficient (Wildman–Crippen LogP) is 2.98. The van der Waals surface area contributed by atoms with Gasteiger partial charge in [-0.25, -0.2) is 13.1 Å². The molecular formula is C15H23ClN2O2S. The van der Waals surface area contributed by atoms with E-state index in [-0.39, 0.29) is 6.04 Å². The number of hydrogen-bond acceptors (Lipinski definition) is 3. The van der Waals surface area contributed by atoms with Gasteiger partial charge in [-0.1, -0.05) is 31.4 Å². The smallest absolute Gasteiger partial charge is 0.241 e. The number of rotatable bonds is 6. The second-order valence-electron chi connectivity index (χ2n) is 5.57. The second-order valence-corrected chi connectivity index (χ2v) is 7.69. The van der Waals surface area contributed by atoms with Gasteiger partial charge in [0.15, 0.2) is 0 Å². The standard InChI is InChI=1S/C15H23ClN2O2S/c1-3-17-10-12-8-13(16)9-15(11(12)2)21(19,20)18-14-6-4-5-7-14/h8-9,14,17-18H,3-7,10H2,1-2H3. The maximum Gasteiger partial charge on any atom is 0.241 e. The molecule has 1 aliphatic rings. The zero-order valence-corrected chi connectivity index (χ0v) is 14.1. The van der Waals surface area contributed by atoms with Crippen molar-refractivity contribution in [1.29, 1.82) is 0 Å². The van der Waals surface area contributed by atoms with Crippen LogP contribution in [0.5, 0.6) is 0 Å². The van der Waals surface area contributed by atoms with Gasteiger partial charge >= 0.3 is 0 Å². The molecule has 0 bridgehead atoms. The highest BCUT2D eigenvalue weighted by Crippen LogP contribution is 2.26. The molecular weight excluding hydrogens is 308 g/mol. The number of benzene rings is 1. The third-order valence-electron chi connectivity index (χ3n) is 3.96. The molecule has 0 aliphatic heterocycles. The van der Waals surface area contributed by atoms with Crippen molar-refractivity contribution in [2.45, 2.75) is 57.0 Å². The predicted molar refractivity (Wildman–Crippen MR) is 86.1 cm³/mol. The second kappa shape index (κ2) is 7.09. The van der Waals surface area contributed by atoms with E-state index < -0.39 is 10.0 Å². The largest absolute Gasteiger partial charge is 0.313 e. The Balaban J connectivity index is 2.30. The van der Waals surface area contributed by atoms with Gasteiger partial charge in [-0.05, 0) is 49.6 Å². The van der Waals surface area contributed by atoms with E-state index in [1.807, 2.05) is 19.9 Å². The molecule has 1 saturated carbocycles. The molecule has 2 rings (SSSR count). The van der Waals surface area contributed by atoms with Gasteiger partial charge in [0, 0.05) is 17.6 Å². The first-order valence-corrected chi connectivity index (χ1v) is 9.32. The molecule has 0 saturated heterocycles. The molecule has 0 heterocycles. The Morgan fingerprint density at radius 1 is 1.29 bits per heavy atom. The average molecular weight is 331 g/mol. The molecule has 4 nitrogen and oxygen atoms in total. The van der Waals surface area contributed by atoms with Crippen molar-refractivity contribution >= 4 is 21.6 Å². The summed E-state index contributed by atoms with van der Waals surface area (Å²) >= 11 is 6.10. The van der Waals surface area contributed by atoms with Gasteiger partial charge in [0.1, 0.15) is 0 Å². The highest BCUT2D eigenvalue weighted by Gasteiger charge is 2.25. The van der Waals surface area contributed by atoms with E-state index in [1.165, 1.54) is 0 Å². The van der Waals surface area contributed by atoms with Crippen molar-refractivity contribution in [3.63, 3.8) is 0 Å². The minimum atomic E-state index is -3.51. The van der Waals surface area contributed by atoms with Crippen LogP contribution in [0.1, 0.15) is 43.7 Å². The summed E-state index contributed by atoms with van der Waals surface area (Å²) in [5.41, 5.74) is 1.70. The molecule has 0 unspecified atom stereocenters. The number of sulfonamides is 1. The molecule has 118 valence electrons. The molecule has 0 amide bonds. The Morgan fingerprint density at radius 3 is 2.57 bits per heavy atom. The van der Waals surface area contributed by atoms with Gasteiger partial charge in [0.2, 0.25) is 10.0 Å². The van der Waals surface area contributed by atoms with E-state index >= 15 is 0 Å². The first-order valence-electron chi connectivity index (χ1n) is 7.46. The highest BCUT2D eigenvalue weighted by molar-refractivity contribution is 7.89. The van der Waals surface area contributed by atoms with Crippen LogP contribution in [0.2, 0.25) is 5.02 Å². The lowest BCUT2D eigenvalue weighted by molar-refractivity contribution is 0.551. The summed E-state index contributed by atoms with van der Waals surface area (Å²) < 4.78 is 28.0. The minimum Gasteiger partial charge on any atom is -0.313 e. The number of hydrogen-bond donors (Lipinski definition) is 2. The summed E-state index contributed by atoms with van der Waals surface area (Å²) in [6, 6.07) is 3.43. The summed E-state index contributed by atoms with van der Waals surface area (Å²) in [6.45, 7) is 5.30. The SMILES string of the molecule is CCNCc1cc(Cl)cc(S(=O)(=O)NC2CCCC2)c1C. The molecule has 0 atom stereocenters. The number of halogens is 1. The van der Waals surface area contributed by atoms with Gasteiger partial charge in [0.25, 0.3) is 0 Å². The van der Waals surface area contributed by atoms with Crippen LogP contribution < -0.4 is 10.0 Å². The highest BCUT2D eigenvalue weighted by atomic mass is 35.5. The quantitative estimate of drug-likeness (QED) is 0.843. The lowest BCUT2D eigenvalue weighted by Gasteiger charge is -2.17. The van der Waals surface area contributed by atoms with Crippen LogP contribution >= 0.6 is 11.6 Å². The molecule has 0 aromatic heterocycles. The van der Waals surface area contributed by atoms with Crippen molar-refractivity contribution in [2.24, 2.45) is 0 Å². The zero-order chi connectivity index (χ0) is 15.5. The minimum absolute atomic E-state index is 0.0607. The summed E-state index contributed by atoms with van der Waals surface area (Å²) in [6.07, 6.45) is 4.02. The molecule has 6 heteroatoms. The molecule has 1 aromatic carbocycles. The van der Waals surface area contributed by atoms with E-state index in [4.69, 9.17) is 11.6 Å². The Morgan fingerprint density at radius 2 is 1.95 bits per heavy atom. The summed E-state index contributed by atoms with van der Waals surface area (Å²) in [7, 11) is -3.51. The van der Waals surface area contributed by atoms with E-state index in [0.717, 1.165) is 43.4 Å². The molecule has 0 radical (unpaired) electrons. The molecule has 1 aliphatic carbocycles. The first-order chi connectivity index (χ1) is 9.94. The number of nitrogens with one attached hydrogen (secondary N) is 2. The van der Waals surface area contributed by atoms with Crippen LogP contribution in [0.25, 0.3) is 0 Å². The lowest BCUT2D eigenvalue weighted by Crippen LogP contribution is -2.33. The Hall–Kier alpha value is -0.620. The fraction of sp³-hybridized carbons (Fsp3) is 0.600. The van der Waals surface area contributed by atoms with E-state index in [2.05, 4.69) is 10.0 Å². The van der Waals surface area contributed by atoms with Crippen molar-refractivity contribution in [3.8, 4) is 0 Å². The van der Waals surface area contributed by atoms with Gasteiger partial charge in [-0.2, -0.15) is 0 Å². The van der Waals surface area contributed by atoms with Gasteiger partial charge in [-0.3, -0.25) is 0 Å². The fourth-order valence-electron chi connectivity index (χ4n) is 2.76. The summed E-state index contributed by atoms with van der Waals surface area (Å²) in [5, 5.41) is 3.67. The fourth-order valence-corrected chi connectivity index (χ4v) is 4.68. The topological polar surface area (TPSA) is 58.2 Å². The van der Waals surface area contributed by atoms with Crippen molar-refractivity contribution in [3.05, 3.63) is 28.3 Å². The maximum atomic E-state index is 12.6. The first kappa shape index (κ1) is 16.7.